The van der Waals surface area contributed by atoms with E-state index in [2.05, 4.69) is 10.6 Å². The van der Waals surface area contributed by atoms with E-state index in [4.69, 9.17) is 32.7 Å². The van der Waals surface area contributed by atoms with Gasteiger partial charge in [0, 0.05) is 21.4 Å². The van der Waals surface area contributed by atoms with Crippen LogP contribution in [0.15, 0.2) is 48.5 Å². The number of amides is 2. The normalized spacial score (nSPS) is 9.92. The molecular weight excluding hydrogens is 355 g/mol. The Bertz CT molecular complexity index is 663. The second kappa shape index (κ2) is 9.00. The molecule has 126 valence electrons. The Morgan fingerprint density at radius 1 is 0.792 bits per heavy atom. The third kappa shape index (κ3) is 6.36. The molecule has 0 saturated carbocycles. The minimum Gasteiger partial charge on any atom is -0.446 e. The van der Waals surface area contributed by atoms with Crippen molar-refractivity contribution in [2.75, 3.05) is 23.8 Å². The van der Waals surface area contributed by atoms with Crippen molar-refractivity contribution in [3.63, 3.8) is 0 Å². The Kier molecular flexibility index (Phi) is 6.72. The highest BCUT2D eigenvalue weighted by Gasteiger charge is 2.06. The zero-order valence-electron chi connectivity index (χ0n) is 12.4. The highest BCUT2D eigenvalue weighted by molar-refractivity contribution is 6.31. The van der Waals surface area contributed by atoms with Gasteiger partial charge in [-0.2, -0.15) is 0 Å². The van der Waals surface area contributed by atoms with Crippen molar-refractivity contribution in [2.45, 2.75) is 0 Å². The van der Waals surface area contributed by atoms with E-state index in [0.717, 1.165) is 0 Å². The molecule has 2 aromatic carbocycles. The highest BCUT2D eigenvalue weighted by Crippen LogP contribution is 2.15. The van der Waals surface area contributed by atoms with E-state index in [-0.39, 0.29) is 13.2 Å². The second-order valence-electron chi connectivity index (χ2n) is 4.54. The maximum absolute atomic E-state index is 11.5. The fraction of sp³-hybridized carbons (Fsp3) is 0.125. The Balaban J connectivity index is 1.65. The third-order valence-corrected chi connectivity index (χ3v) is 3.16. The molecule has 8 heteroatoms. The van der Waals surface area contributed by atoms with Gasteiger partial charge in [-0.15, -0.1) is 0 Å². The van der Waals surface area contributed by atoms with Crippen molar-refractivity contribution in [2.24, 2.45) is 0 Å². The molecule has 2 N–H and O–H groups in total. The van der Waals surface area contributed by atoms with Gasteiger partial charge in [0.15, 0.2) is 0 Å². The molecular formula is C16H14Cl2N2O4. The number of hydrogen-bond donors (Lipinski definition) is 2. The van der Waals surface area contributed by atoms with Gasteiger partial charge >= 0.3 is 12.2 Å². The van der Waals surface area contributed by atoms with Crippen LogP contribution in [-0.2, 0) is 9.47 Å². The molecule has 0 aliphatic rings. The summed E-state index contributed by atoms with van der Waals surface area (Å²) in [5.74, 6) is 0. The number of hydrogen-bond acceptors (Lipinski definition) is 4. The average molecular weight is 369 g/mol. The van der Waals surface area contributed by atoms with Crippen LogP contribution in [0.3, 0.4) is 0 Å². The number of ether oxygens (including phenoxy) is 2. The third-order valence-electron chi connectivity index (χ3n) is 2.69. The fourth-order valence-electron chi connectivity index (χ4n) is 1.71. The van der Waals surface area contributed by atoms with Gasteiger partial charge in [0.1, 0.15) is 13.2 Å². The van der Waals surface area contributed by atoms with Crippen LogP contribution in [-0.4, -0.2) is 25.4 Å². The van der Waals surface area contributed by atoms with Crippen molar-refractivity contribution in [1.82, 2.24) is 0 Å². The Morgan fingerprint density at radius 3 is 1.58 bits per heavy atom. The lowest BCUT2D eigenvalue weighted by Gasteiger charge is -2.09. The maximum Gasteiger partial charge on any atom is 0.411 e. The summed E-state index contributed by atoms with van der Waals surface area (Å²) in [5, 5.41) is 5.99. The number of rotatable bonds is 5. The largest absolute Gasteiger partial charge is 0.446 e. The van der Waals surface area contributed by atoms with Crippen molar-refractivity contribution >= 4 is 46.8 Å². The van der Waals surface area contributed by atoms with Crippen LogP contribution >= 0.6 is 23.2 Å². The molecule has 0 bridgehead atoms. The topological polar surface area (TPSA) is 76.7 Å². The number of nitrogens with one attached hydrogen (secondary N) is 2. The molecule has 6 nitrogen and oxygen atoms in total. The molecule has 0 unspecified atom stereocenters. The minimum atomic E-state index is -0.670. The van der Waals surface area contributed by atoms with Crippen LogP contribution in [0.4, 0.5) is 21.0 Å². The van der Waals surface area contributed by atoms with E-state index in [9.17, 15) is 9.59 Å². The highest BCUT2D eigenvalue weighted by atomic mass is 35.5. The molecule has 0 aromatic heterocycles. The Morgan fingerprint density at radius 2 is 1.21 bits per heavy atom. The number of carbonyl (C=O) groups is 2. The first-order chi connectivity index (χ1) is 11.5. The number of carbonyl (C=O) groups excluding carboxylic acids is 2. The van der Waals surface area contributed by atoms with Crippen molar-refractivity contribution < 1.29 is 19.1 Å². The molecule has 0 aliphatic carbocycles. The van der Waals surface area contributed by atoms with Crippen LogP contribution in [0.25, 0.3) is 0 Å². The number of benzene rings is 2. The van der Waals surface area contributed by atoms with Gasteiger partial charge < -0.3 is 9.47 Å². The minimum absolute atomic E-state index is 0.0879. The second-order valence-corrected chi connectivity index (χ2v) is 5.42. The van der Waals surface area contributed by atoms with Crippen LogP contribution in [0.1, 0.15) is 0 Å². The van der Waals surface area contributed by atoms with E-state index in [1.165, 1.54) is 0 Å². The molecule has 0 atom stereocenters. The van der Waals surface area contributed by atoms with E-state index >= 15 is 0 Å². The maximum atomic E-state index is 11.5. The summed E-state index contributed by atoms with van der Waals surface area (Å²) in [6, 6.07) is 13.3. The molecule has 0 saturated heterocycles. The quantitative estimate of drug-likeness (QED) is 0.743. The summed E-state index contributed by atoms with van der Waals surface area (Å²) in [6.07, 6.45) is -1.34. The molecule has 0 heterocycles. The van der Waals surface area contributed by atoms with Crippen molar-refractivity contribution in [1.29, 1.82) is 0 Å². The van der Waals surface area contributed by atoms with Gasteiger partial charge in [0.25, 0.3) is 0 Å². The molecule has 2 rings (SSSR count). The molecule has 0 spiro atoms. The summed E-state index contributed by atoms with van der Waals surface area (Å²) >= 11 is 11.6. The van der Waals surface area contributed by atoms with Crippen LogP contribution in [0.5, 0.6) is 0 Å². The lowest BCUT2D eigenvalue weighted by atomic mass is 10.3. The number of anilines is 2. The van der Waals surface area contributed by atoms with Gasteiger partial charge in [-0.25, -0.2) is 9.59 Å². The molecule has 24 heavy (non-hydrogen) atoms. The van der Waals surface area contributed by atoms with E-state index in [1.54, 1.807) is 48.5 Å². The van der Waals surface area contributed by atoms with Gasteiger partial charge in [0.2, 0.25) is 0 Å². The summed E-state index contributed by atoms with van der Waals surface area (Å²) < 4.78 is 9.77. The molecule has 2 amide bonds. The van der Waals surface area contributed by atoms with E-state index in [0.29, 0.717) is 21.4 Å². The first kappa shape index (κ1) is 17.9. The van der Waals surface area contributed by atoms with Gasteiger partial charge in [-0.3, -0.25) is 10.6 Å². The summed E-state index contributed by atoms with van der Waals surface area (Å²) in [5.41, 5.74) is 1.01. The predicted octanol–water partition coefficient (Wildman–Crippen LogP) is 4.79. The molecule has 2 aromatic rings. The zero-order chi connectivity index (χ0) is 17.4. The Labute approximate surface area is 148 Å². The SMILES string of the molecule is O=C(Nc1cccc(Cl)c1)OCCOC(=O)Nc1cccc(Cl)c1. The van der Waals surface area contributed by atoms with Crippen LogP contribution in [0, 0.1) is 0 Å². The number of halogens is 2. The van der Waals surface area contributed by atoms with Crippen molar-refractivity contribution in [3.05, 3.63) is 58.6 Å². The van der Waals surface area contributed by atoms with Gasteiger partial charge in [0.05, 0.1) is 0 Å². The first-order valence-corrected chi connectivity index (χ1v) is 7.67. The predicted molar refractivity (Wildman–Crippen MR) is 92.8 cm³/mol. The standard InChI is InChI=1S/C16H14Cl2N2O4/c17-11-3-1-5-13(9-11)19-15(21)23-7-8-24-16(22)20-14-6-2-4-12(18)10-14/h1-6,9-10H,7-8H2,(H,19,21)(H,20,22). The first-order valence-electron chi connectivity index (χ1n) is 6.91. The summed E-state index contributed by atoms with van der Waals surface area (Å²) in [4.78, 5) is 23.1. The summed E-state index contributed by atoms with van der Waals surface area (Å²) in [7, 11) is 0. The lowest BCUT2D eigenvalue weighted by molar-refractivity contribution is 0.110. The van der Waals surface area contributed by atoms with Gasteiger partial charge in [-0.05, 0) is 36.4 Å². The lowest BCUT2D eigenvalue weighted by Crippen LogP contribution is -2.20. The van der Waals surface area contributed by atoms with Crippen LogP contribution < -0.4 is 10.6 Å². The Hall–Kier alpha value is -2.44. The summed E-state index contributed by atoms with van der Waals surface area (Å²) in [6.45, 7) is -0.176. The zero-order valence-corrected chi connectivity index (χ0v) is 13.9. The van der Waals surface area contributed by atoms with Gasteiger partial charge in [-0.1, -0.05) is 35.3 Å². The molecule has 0 radical (unpaired) electrons. The van der Waals surface area contributed by atoms with E-state index < -0.39 is 12.2 Å². The monoisotopic (exact) mass is 368 g/mol. The van der Waals surface area contributed by atoms with Crippen molar-refractivity contribution in [3.8, 4) is 0 Å². The smallest absolute Gasteiger partial charge is 0.411 e. The van der Waals surface area contributed by atoms with Crippen LogP contribution in [0.2, 0.25) is 10.0 Å². The molecule has 0 fully saturated rings. The fourth-order valence-corrected chi connectivity index (χ4v) is 2.09. The average Bonchev–Trinajstić information content (AvgIpc) is 2.51. The van der Waals surface area contributed by atoms with E-state index in [1.807, 2.05) is 0 Å². The molecule has 0 aliphatic heterocycles.